The third kappa shape index (κ3) is 1.88. The number of alkyl halides is 1. The molecule has 0 aromatic carbocycles. The molecule has 1 heterocycles. The fourth-order valence-corrected chi connectivity index (χ4v) is 2.00. The van der Waals surface area contributed by atoms with E-state index in [1.807, 2.05) is 0 Å². The lowest BCUT2D eigenvalue weighted by Crippen LogP contribution is -2.50. The maximum Gasteiger partial charge on any atom is 0.215 e. The van der Waals surface area contributed by atoms with Gasteiger partial charge < -0.3 is 5.11 Å². The largest absolute Gasteiger partial charge is 0.389 e. The summed E-state index contributed by atoms with van der Waals surface area (Å²) in [6, 6.07) is 0. The maximum atomic E-state index is 11.7. The summed E-state index contributed by atoms with van der Waals surface area (Å²) in [5.41, 5.74) is 0. The maximum absolute atomic E-state index is 11.7. The molecule has 0 saturated carbocycles. The molecule has 1 aliphatic heterocycles. The van der Waals surface area contributed by atoms with Crippen LogP contribution in [0.3, 0.4) is 0 Å². The van der Waals surface area contributed by atoms with Gasteiger partial charge in [-0.15, -0.1) is 0 Å². The lowest BCUT2D eigenvalue weighted by Gasteiger charge is -2.31. The zero-order valence-corrected chi connectivity index (χ0v) is 6.72. The van der Waals surface area contributed by atoms with E-state index in [0.29, 0.717) is 6.54 Å². The van der Waals surface area contributed by atoms with Crippen molar-refractivity contribution in [3.63, 3.8) is 0 Å². The Labute approximate surface area is 64.7 Å². The number of β-amino-alcohol motifs (C(OH)–C–C–N with tert-alkyl or cyclic N) is 1. The topological polar surface area (TPSA) is 57.6 Å². The van der Waals surface area contributed by atoms with E-state index < -0.39 is 22.8 Å². The van der Waals surface area contributed by atoms with E-state index in [0.717, 1.165) is 4.31 Å². The van der Waals surface area contributed by atoms with Crippen LogP contribution in [0.5, 0.6) is 0 Å². The Kier molecular flexibility index (Phi) is 2.46. The van der Waals surface area contributed by atoms with Crippen LogP contribution >= 0.6 is 0 Å². The van der Waals surface area contributed by atoms with Crippen LogP contribution < -0.4 is 0 Å². The third-order valence-corrected chi connectivity index (χ3v) is 3.40. The number of aliphatic hydroxyl groups excluding tert-OH is 1. The molecule has 0 spiro atoms. The summed E-state index contributed by atoms with van der Waals surface area (Å²) in [6.07, 6.45) is -1.18. The van der Waals surface area contributed by atoms with Gasteiger partial charge in [0.15, 0.2) is 0 Å². The van der Waals surface area contributed by atoms with Gasteiger partial charge in [0, 0.05) is 13.1 Å². The quantitative estimate of drug-likeness (QED) is 0.608. The molecule has 11 heavy (non-hydrogen) atoms. The molecule has 0 bridgehead atoms. The van der Waals surface area contributed by atoms with Crippen LogP contribution in [0.25, 0.3) is 0 Å². The van der Waals surface area contributed by atoms with Crippen molar-refractivity contribution >= 4 is 10.0 Å². The van der Waals surface area contributed by atoms with Crippen LogP contribution in [-0.4, -0.2) is 49.5 Å². The van der Waals surface area contributed by atoms with Crippen molar-refractivity contribution in [3.05, 3.63) is 0 Å². The predicted octanol–water partition coefficient (Wildman–Crippen LogP) is -1.04. The van der Waals surface area contributed by atoms with Gasteiger partial charge in [-0.05, 0) is 0 Å². The molecule has 0 radical (unpaired) electrons. The van der Waals surface area contributed by atoms with E-state index in [1.165, 1.54) is 0 Å². The van der Waals surface area contributed by atoms with Gasteiger partial charge in [0.1, 0.15) is 6.67 Å². The highest BCUT2D eigenvalue weighted by Crippen LogP contribution is 2.12. The first kappa shape index (κ1) is 8.89. The second kappa shape index (κ2) is 3.04. The molecule has 0 aromatic rings. The summed E-state index contributed by atoms with van der Waals surface area (Å²) < 4.78 is 34.3. The molecule has 6 heteroatoms. The first-order valence-corrected chi connectivity index (χ1v) is 4.89. The van der Waals surface area contributed by atoms with Crippen LogP contribution in [0.2, 0.25) is 0 Å². The Morgan fingerprint density at radius 2 is 2.27 bits per heavy atom. The van der Waals surface area contributed by atoms with E-state index in [-0.39, 0.29) is 12.3 Å². The number of aliphatic hydroxyl groups is 1. The van der Waals surface area contributed by atoms with Crippen molar-refractivity contribution in [1.29, 1.82) is 0 Å². The summed E-state index contributed by atoms with van der Waals surface area (Å²) in [5, 5.41) is 8.74. The van der Waals surface area contributed by atoms with Gasteiger partial charge in [-0.3, -0.25) is 0 Å². The van der Waals surface area contributed by atoms with Crippen LogP contribution in [0, 0.1) is 0 Å². The lowest BCUT2D eigenvalue weighted by atomic mass is 10.4. The molecule has 0 aromatic heterocycles. The molecular formula is C5H10FNO3S. The second-order valence-corrected chi connectivity index (χ2v) is 4.57. The summed E-state index contributed by atoms with van der Waals surface area (Å²) in [5.74, 6) is 0.117. The van der Waals surface area contributed by atoms with Gasteiger partial charge in [0.05, 0.1) is 11.9 Å². The standard InChI is InChI=1S/C5H10FNO3S/c6-3-5(8)4-7-1-2-11(7,9)10/h5,8H,1-4H2. The van der Waals surface area contributed by atoms with E-state index in [9.17, 15) is 12.8 Å². The first-order valence-electron chi connectivity index (χ1n) is 3.28. The Hall–Kier alpha value is -0.200. The monoisotopic (exact) mass is 183 g/mol. The number of hydrogen-bond acceptors (Lipinski definition) is 3. The van der Waals surface area contributed by atoms with Crippen molar-refractivity contribution in [1.82, 2.24) is 4.31 Å². The van der Waals surface area contributed by atoms with Crippen molar-refractivity contribution in [2.75, 3.05) is 25.5 Å². The number of sulfonamides is 1. The van der Waals surface area contributed by atoms with Gasteiger partial charge in [-0.2, -0.15) is 4.31 Å². The van der Waals surface area contributed by atoms with Crippen LogP contribution in [0.1, 0.15) is 0 Å². The molecule has 0 aliphatic carbocycles. The van der Waals surface area contributed by atoms with Crippen molar-refractivity contribution < 1.29 is 17.9 Å². The lowest BCUT2D eigenvalue weighted by molar-refractivity contribution is 0.113. The van der Waals surface area contributed by atoms with Gasteiger partial charge >= 0.3 is 0 Å². The Balaban J connectivity index is 2.40. The molecule has 66 valence electrons. The molecule has 1 fully saturated rings. The van der Waals surface area contributed by atoms with Crippen LogP contribution in [0.15, 0.2) is 0 Å². The number of nitrogens with zero attached hydrogens (tertiary/aromatic N) is 1. The Bertz CT molecular complexity index is 228. The van der Waals surface area contributed by atoms with Crippen molar-refractivity contribution in [3.8, 4) is 0 Å². The molecule has 1 rings (SSSR count). The van der Waals surface area contributed by atoms with Gasteiger partial charge in [-0.1, -0.05) is 0 Å². The second-order valence-electron chi connectivity index (χ2n) is 2.48. The van der Waals surface area contributed by atoms with E-state index in [4.69, 9.17) is 5.11 Å². The first-order chi connectivity index (χ1) is 5.06. The van der Waals surface area contributed by atoms with Crippen molar-refractivity contribution in [2.24, 2.45) is 0 Å². The minimum absolute atomic E-state index is 0.112. The van der Waals surface area contributed by atoms with E-state index in [2.05, 4.69) is 0 Å². The fourth-order valence-electron chi connectivity index (χ4n) is 0.858. The minimum Gasteiger partial charge on any atom is -0.389 e. The Morgan fingerprint density at radius 3 is 2.55 bits per heavy atom. The average molecular weight is 183 g/mol. The third-order valence-electron chi connectivity index (χ3n) is 1.58. The zero-order valence-electron chi connectivity index (χ0n) is 5.90. The van der Waals surface area contributed by atoms with E-state index >= 15 is 0 Å². The summed E-state index contributed by atoms with van der Waals surface area (Å²) in [6.45, 7) is -0.607. The number of hydrogen-bond donors (Lipinski definition) is 1. The van der Waals surface area contributed by atoms with Gasteiger partial charge in [0.25, 0.3) is 0 Å². The molecule has 4 nitrogen and oxygen atoms in total. The van der Waals surface area contributed by atoms with Crippen molar-refractivity contribution in [2.45, 2.75) is 6.10 Å². The van der Waals surface area contributed by atoms with E-state index in [1.54, 1.807) is 0 Å². The molecular weight excluding hydrogens is 173 g/mol. The minimum atomic E-state index is -3.12. The molecule has 1 aliphatic rings. The summed E-state index contributed by atoms with van der Waals surface area (Å²) in [4.78, 5) is 0. The summed E-state index contributed by atoms with van der Waals surface area (Å²) in [7, 11) is -3.12. The van der Waals surface area contributed by atoms with Gasteiger partial charge in [-0.25, -0.2) is 12.8 Å². The Morgan fingerprint density at radius 1 is 1.64 bits per heavy atom. The van der Waals surface area contributed by atoms with Crippen LogP contribution in [-0.2, 0) is 10.0 Å². The fraction of sp³-hybridized carbons (Fsp3) is 1.00. The molecule has 1 atom stereocenters. The van der Waals surface area contributed by atoms with Gasteiger partial charge in [0.2, 0.25) is 10.0 Å². The molecule has 1 N–H and O–H groups in total. The number of halogens is 1. The van der Waals surface area contributed by atoms with Crippen LogP contribution in [0.4, 0.5) is 4.39 Å². The molecule has 1 saturated heterocycles. The smallest absolute Gasteiger partial charge is 0.215 e. The predicted molar refractivity (Wildman–Crippen MR) is 37.3 cm³/mol. The summed E-state index contributed by atoms with van der Waals surface area (Å²) >= 11 is 0. The SMILES string of the molecule is O=S1(=O)CCN1CC(O)CF. The highest BCUT2D eigenvalue weighted by atomic mass is 32.2. The highest BCUT2D eigenvalue weighted by molar-refractivity contribution is 7.90. The average Bonchev–Trinajstić information content (AvgIpc) is 1.98. The normalized spacial score (nSPS) is 26.0. The number of rotatable bonds is 3. The zero-order chi connectivity index (χ0) is 8.48. The molecule has 0 amide bonds. The molecule has 1 unspecified atom stereocenters. The highest BCUT2D eigenvalue weighted by Gasteiger charge is 2.33.